The second kappa shape index (κ2) is 9.24. The van der Waals surface area contributed by atoms with E-state index in [1.807, 2.05) is 55.5 Å². The summed E-state index contributed by atoms with van der Waals surface area (Å²) in [6.07, 6.45) is 1.99. The van der Waals surface area contributed by atoms with Crippen molar-refractivity contribution in [3.05, 3.63) is 70.1 Å². The molecule has 0 saturated carbocycles. The fourth-order valence-corrected chi connectivity index (χ4v) is 4.28. The van der Waals surface area contributed by atoms with Gasteiger partial charge in [0.25, 0.3) is 5.91 Å². The number of thiocarbonyl (C=S) groups is 1. The molecule has 1 aliphatic rings. The monoisotopic (exact) mass is 427 g/mol. The molecule has 1 heterocycles. The molecule has 0 aromatic heterocycles. The van der Waals surface area contributed by atoms with Crippen LogP contribution in [0.25, 0.3) is 6.08 Å². The van der Waals surface area contributed by atoms with Gasteiger partial charge in [0.2, 0.25) is 0 Å². The summed E-state index contributed by atoms with van der Waals surface area (Å²) in [6, 6.07) is 14.5. The second-order valence-corrected chi connectivity index (χ2v) is 8.30. The van der Waals surface area contributed by atoms with Crippen LogP contribution in [0, 0.1) is 6.92 Å². The molecule has 1 unspecified atom stereocenters. The summed E-state index contributed by atoms with van der Waals surface area (Å²) in [5.74, 6) is -0.807. The van der Waals surface area contributed by atoms with Crippen LogP contribution in [-0.2, 0) is 16.2 Å². The Morgan fingerprint density at radius 2 is 1.93 bits per heavy atom. The molecule has 1 aliphatic heterocycles. The highest BCUT2D eigenvalue weighted by Gasteiger charge is 2.39. The van der Waals surface area contributed by atoms with Crippen LogP contribution in [0.15, 0.2) is 53.4 Å². The van der Waals surface area contributed by atoms with Gasteiger partial charge in [0.05, 0.1) is 4.91 Å². The van der Waals surface area contributed by atoms with Crippen molar-refractivity contribution < 1.29 is 19.4 Å². The first kappa shape index (κ1) is 21.1. The number of carbonyl (C=O) groups excluding carboxylic acids is 1. The van der Waals surface area contributed by atoms with Gasteiger partial charge in [-0.3, -0.25) is 9.69 Å². The Labute approximate surface area is 179 Å². The quantitative estimate of drug-likeness (QED) is 0.513. The highest BCUT2D eigenvalue weighted by atomic mass is 32.2. The van der Waals surface area contributed by atoms with E-state index in [0.29, 0.717) is 17.3 Å². The maximum atomic E-state index is 12.8. The van der Waals surface area contributed by atoms with E-state index in [-0.39, 0.29) is 16.6 Å². The van der Waals surface area contributed by atoms with E-state index in [1.165, 1.54) is 10.5 Å². The molecule has 2 aromatic carbocycles. The number of carbonyl (C=O) groups is 2. The van der Waals surface area contributed by atoms with Crippen molar-refractivity contribution in [1.29, 1.82) is 0 Å². The molecule has 2 aromatic rings. The number of carboxylic acids is 1. The number of nitrogens with zero attached hydrogens (tertiary/aromatic N) is 1. The number of benzene rings is 2. The minimum absolute atomic E-state index is 0.258. The molecule has 3 rings (SSSR count). The second-order valence-electron chi connectivity index (χ2n) is 6.63. The normalized spacial score (nSPS) is 16.3. The number of thioether (sulfide) groups is 1. The van der Waals surface area contributed by atoms with Crippen molar-refractivity contribution in [1.82, 2.24) is 4.90 Å². The van der Waals surface area contributed by atoms with Gasteiger partial charge < -0.3 is 9.84 Å². The molecule has 1 amide bonds. The predicted molar refractivity (Wildman–Crippen MR) is 119 cm³/mol. The Morgan fingerprint density at radius 1 is 1.24 bits per heavy atom. The summed E-state index contributed by atoms with van der Waals surface area (Å²) in [4.78, 5) is 25.8. The Morgan fingerprint density at radius 3 is 2.59 bits per heavy atom. The molecular weight excluding hydrogens is 406 g/mol. The van der Waals surface area contributed by atoms with E-state index in [0.717, 1.165) is 22.9 Å². The average Bonchev–Trinajstić information content (AvgIpc) is 2.97. The highest BCUT2D eigenvalue weighted by molar-refractivity contribution is 8.26. The largest absolute Gasteiger partial charge is 0.488 e. The first-order valence-electron chi connectivity index (χ1n) is 9.18. The number of hydrogen-bond acceptors (Lipinski definition) is 5. The van der Waals surface area contributed by atoms with E-state index < -0.39 is 12.0 Å². The van der Waals surface area contributed by atoms with Crippen LogP contribution in [-0.4, -0.2) is 32.2 Å². The summed E-state index contributed by atoms with van der Waals surface area (Å²) in [5, 5.41) is 9.38. The van der Waals surface area contributed by atoms with Gasteiger partial charge in [-0.2, -0.15) is 0 Å². The lowest BCUT2D eigenvalue weighted by Crippen LogP contribution is -2.43. The van der Waals surface area contributed by atoms with Gasteiger partial charge in [-0.1, -0.05) is 78.9 Å². The number of aliphatic carboxylic acids is 1. The Kier molecular flexibility index (Phi) is 6.71. The van der Waals surface area contributed by atoms with Gasteiger partial charge in [0.15, 0.2) is 0 Å². The van der Waals surface area contributed by atoms with Gasteiger partial charge in [-0.15, -0.1) is 0 Å². The smallest absolute Gasteiger partial charge is 0.326 e. The molecule has 29 heavy (non-hydrogen) atoms. The minimum atomic E-state index is -1.06. The van der Waals surface area contributed by atoms with Gasteiger partial charge >= 0.3 is 5.97 Å². The zero-order valence-corrected chi connectivity index (χ0v) is 17.8. The fraction of sp³-hybridized carbons (Fsp3) is 0.227. The van der Waals surface area contributed by atoms with Gasteiger partial charge in [0, 0.05) is 5.56 Å². The number of hydrogen-bond donors (Lipinski definition) is 1. The Hall–Kier alpha value is -2.64. The van der Waals surface area contributed by atoms with Gasteiger partial charge in [-0.25, -0.2) is 4.79 Å². The third-order valence-electron chi connectivity index (χ3n) is 4.53. The van der Waals surface area contributed by atoms with Crippen LogP contribution in [0.1, 0.15) is 30.0 Å². The van der Waals surface area contributed by atoms with Gasteiger partial charge in [-0.05, 0) is 31.1 Å². The molecule has 1 fully saturated rings. The van der Waals surface area contributed by atoms with Crippen molar-refractivity contribution in [2.75, 3.05) is 0 Å². The number of para-hydroxylation sites is 1. The standard InChI is InChI=1S/C22H21NO4S2/c1-3-17(21(25)26)23-20(24)19(29-22(23)28)12-16-6-4-5-7-18(16)27-13-15-10-8-14(2)9-11-15/h4-12,17H,3,13H2,1-2H3,(H,25,26)/b19-12+. The van der Waals surface area contributed by atoms with Crippen molar-refractivity contribution in [3.8, 4) is 5.75 Å². The molecule has 1 atom stereocenters. The topological polar surface area (TPSA) is 66.8 Å². The number of ether oxygens (including phenoxy) is 1. The Bertz CT molecular complexity index is 969. The molecule has 0 radical (unpaired) electrons. The maximum absolute atomic E-state index is 12.8. The van der Waals surface area contributed by atoms with Crippen LogP contribution >= 0.6 is 24.0 Å². The van der Waals surface area contributed by atoms with E-state index in [1.54, 1.807) is 13.0 Å². The molecule has 0 aliphatic carbocycles. The average molecular weight is 428 g/mol. The summed E-state index contributed by atoms with van der Waals surface area (Å²) in [6.45, 7) is 4.15. The predicted octanol–water partition coefficient (Wildman–Crippen LogP) is 4.64. The van der Waals surface area contributed by atoms with Crippen molar-refractivity contribution in [3.63, 3.8) is 0 Å². The van der Waals surface area contributed by atoms with Crippen LogP contribution in [0.2, 0.25) is 0 Å². The van der Waals surface area contributed by atoms with Crippen molar-refractivity contribution in [2.45, 2.75) is 32.9 Å². The third-order valence-corrected chi connectivity index (χ3v) is 5.86. The van der Waals surface area contributed by atoms with Crippen LogP contribution < -0.4 is 4.74 Å². The number of aryl methyl sites for hydroxylation is 1. The highest BCUT2D eigenvalue weighted by Crippen LogP contribution is 2.36. The zero-order valence-electron chi connectivity index (χ0n) is 16.1. The van der Waals surface area contributed by atoms with E-state index >= 15 is 0 Å². The summed E-state index contributed by atoms with van der Waals surface area (Å²) < 4.78 is 6.22. The number of rotatable bonds is 7. The molecule has 150 valence electrons. The molecule has 5 nitrogen and oxygen atoms in total. The van der Waals surface area contributed by atoms with E-state index in [4.69, 9.17) is 17.0 Å². The lowest BCUT2D eigenvalue weighted by atomic mass is 10.1. The van der Waals surface area contributed by atoms with Gasteiger partial charge in [0.1, 0.15) is 22.7 Å². The van der Waals surface area contributed by atoms with Crippen LogP contribution in [0.4, 0.5) is 0 Å². The van der Waals surface area contributed by atoms with E-state index in [2.05, 4.69) is 0 Å². The Balaban J connectivity index is 1.81. The van der Waals surface area contributed by atoms with Crippen molar-refractivity contribution >= 4 is 46.3 Å². The molecule has 1 N–H and O–H groups in total. The third kappa shape index (κ3) is 4.86. The summed E-state index contributed by atoms with van der Waals surface area (Å²) in [7, 11) is 0. The first-order chi connectivity index (χ1) is 13.9. The first-order valence-corrected chi connectivity index (χ1v) is 10.4. The summed E-state index contributed by atoms with van der Waals surface area (Å²) >= 11 is 6.38. The lowest BCUT2D eigenvalue weighted by molar-refractivity contribution is -0.145. The number of carboxylic acid groups (broad SMARTS) is 1. The number of amides is 1. The SMILES string of the molecule is CCC(C(=O)O)N1C(=O)/C(=C\c2ccccc2OCc2ccc(C)cc2)SC1=S. The summed E-state index contributed by atoms with van der Waals surface area (Å²) in [5.41, 5.74) is 2.97. The lowest BCUT2D eigenvalue weighted by Gasteiger charge is -2.21. The zero-order chi connectivity index (χ0) is 21.0. The van der Waals surface area contributed by atoms with E-state index in [9.17, 15) is 14.7 Å². The minimum Gasteiger partial charge on any atom is -0.488 e. The maximum Gasteiger partial charge on any atom is 0.326 e. The molecule has 7 heteroatoms. The molecule has 0 bridgehead atoms. The molecule has 0 spiro atoms. The van der Waals surface area contributed by atoms with Crippen molar-refractivity contribution in [2.24, 2.45) is 0 Å². The molecular formula is C22H21NO4S2. The van der Waals surface area contributed by atoms with Crippen LogP contribution in [0.5, 0.6) is 5.75 Å². The fourth-order valence-electron chi connectivity index (χ4n) is 2.93. The van der Waals surface area contributed by atoms with Crippen LogP contribution in [0.3, 0.4) is 0 Å². The molecule has 1 saturated heterocycles.